The maximum Gasteiger partial charge on any atom is 0.191 e. The Bertz CT molecular complexity index is 298. The third-order valence-corrected chi connectivity index (χ3v) is 4.25. The van der Waals surface area contributed by atoms with E-state index in [9.17, 15) is 0 Å². The predicted octanol–water partition coefficient (Wildman–Crippen LogP) is 1.35. The monoisotopic (exact) mass is 409 g/mol. The summed E-state index contributed by atoms with van der Waals surface area (Å²) >= 11 is 0. The molecule has 0 amide bonds. The summed E-state index contributed by atoms with van der Waals surface area (Å²) < 4.78 is 0. The number of nitrogens with zero attached hydrogens (tertiary/aromatic N) is 3. The van der Waals surface area contributed by atoms with E-state index in [2.05, 4.69) is 32.3 Å². The van der Waals surface area contributed by atoms with Crippen LogP contribution < -0.4 is 10.6 Å². The van der Waals surface area contributed by atoms with Gasteiger partial charge in [-0.05, 0) is 38.8 Å². The molecule has 124 valence electrons. The first-order valence-corrected chi connectivity index (χ1v) is 8.23. The van der Waals surface area contributed by atoms with E-state index < -0.39 is 0 Å². The smallest absolute Gasteiger partial charge is 0.191 e. The third-order valence-electron chi connectivity index (χ3n) is 4.25. The van der Waals surface area contributed by atoms with Gasteiger partial charge in [-0.3, -0.25) is 4.99 Å². The average Bonchev–Trinajstić information content (AvgIpc) is 3.30. The highest BCUT2D eigenvalue weighted by Gasteiger charge is 2.21. The van der Waals surface area contributed by atoms with Crippen LogP contribution in [-0.2, 0) is 0 Å². The molecular formula is C15H32IN5. The molecule has 1 aliphatic heterocycles. The van der Waals surface area contributed by atoms with Gasteiger partial charge in [0, 0.05) is 45.8 Å². The van der Waals surface area contributed by atoms with Crippen LogP contribution in [0.15, 0.2) is 4.99 Å². The molecule has 2 fully saturated rings. The Morgan fingerprint density at radius 2 is 1.76 bits per heavy atom. The Hall–Kier alpha value is -0.0800. The van der Waals surface area contributed by atoms with E-state index in [0.29, 0.717) is 6.04 Å². The number of hydrogen-bond acceptors (Lipinski definition) is 3. The van der Waals surface area contributed by atoms with E-state index >= 15 is 0 Å². The zero-order chi connectivity index (χ0) is 14.2. The lowest BCUT2D eigenvalue weighted by molar-refractivity contribution is 0.136. The minimum absolute atomic E-state index is 0. The normalized spacial score (nSPS) is 21.0. The molecule has 0 aromatic carbocycles. The van der Waals surface area contributed by atoms with Gasteiger partial charge in [-0.25, -0.2) is 0 Å². The molecule has 0 unspecified atom stereocenters. The summed E-state index contributed by atoms with van der Waals surface area (Å²) in [6, 6.07) is 0.677. The van der Waals surface area contributed by atoms with Crippen LogP contribution in [0.5, 0.6) is 0 Å². The second kappa shape index (κ2) is 10.6. The van der Waals surface area contributed by atoms with Crippen LogP contribution in [0, 0.1) is 0 Å². The molecule has 2 aliphatic rings. The van der Waals surface area contributed by atoms with E-state index in [4.69, 9.17) is 0 Å². The second-order valence-corrected chi connectivity index (χ2v) is 5.90. The maximum absolute atomic E-state index is 4.25. The number of likely N-dealkylation sites (N-methyl/N-ethyl adjacent to an activating group) is 1. The molecule has 0 aromatic rings. The number of aliphatic imine (C=N–C) groups is 1. The minimum Gasteiger partial charge on any atom is -0.356 e. The van der Waals surface area contributed by atoms with Gasteiger partial charge in [-0.15, -0.1) is 24.0 Å². The van der Waals surface area contributed by atoms with Crippen LogP contribution in [0.4, 0.5) is 0 Å². The van der Waals surface area contributed by atoms with Gasteiger partial charge in [-0.2, -0.15) is 0 Å². The number of unbranched alkanes of at least 4 members (excludes halogenated alkanes) is 1. The summed E-state index contributed by atoms with van der Waals surface area (Å²) in [5.74, 6) is 0.976. The number of halogens is 1. The molecule has 5 nitrogen and oxygen atoms in total. The SMILES string of the molecule is CCN1CCN(CCCCNC(=NC)NC2CC2)CC1.I. The van der Waals surface area contributed by atoms with E-state index in [0.717, 1.165) is 12.5 Å². The molecule has 2 N–H and O–H groups in total. The van der Waals surface area contributed by atoms with Gasteiger partial charge < -0.3 is 20.4 Å². The standard InChI is InChI=1S/C15H31N5.HI/c1-3-19-10-12-20(13-11-19)9-5-4-8-17-15(16-2)18-14-6-7-14;/h14H,3-13H2,1-2H3,(H2,16,17,18);1H. The van der Waals surface area contributed by atoms with Crippen molar-refractivity contribution in [1.82, 2.24) is 20.4 Å². The quantitative estimate of drug-likeness (QED) is 0.288. The summed E-state index contributed by atoms with van der Waals surface area (Å²) in [6.45, 7) is 10.7. The fourth-order valence-corrected chi connectivity index (χ4v) is 2.61. The van der Waals surface area contributed by atoms with Gasteiger partial charge >= 0.3 is 0 Å². The van der Waals surface area contributed by atoms with Crippen molar-refractivity contribution in [3.63, 3.8) is 0 Å². The average molecular weight is 409 g/mol. The number of rotatable bonds is 7. The van der Waals surface area contributed by atoms with Crippen LogP contribution >= 0.6 is 24.0 Å². The Morgan fingerprint density at radius 3 is 2.33 bits per heavy atom. The highest BCUT2D eigenvalue weighted by Crippen LogP contribution is 2.18. The molecular weight excluding hydrogens is 377 g/mol. The lowest BCUT2D eigenvalue weighted by atomic mass is 10.2. The molecule has 6 heteroatoms. The molecule has 1 heterocycles. The third kappa shape index (κ3) is 7.65. The van der Waals surface area contributed by atoms with Gasteiger partial charge in [0.1, 0.15) is 0 Å². The predicted molar refractivity (Wildman–Crippen MR) is 101 cm³/mol. The summed E-state index contributed by atoms with van der Waals surface area (Å²) in [5, 5.41) is 6.82. The van der Waals surface area contributed by atoms with Crippen molar-refractivity contribution in [3.8, 4) is 0 Å². The maximum atomic E-state index is 4.25. The van der Waals surface area contributed by atoms with Gasteiger partial charge in [0.2, 0.25) is 0 Å². The van der Waals surface area contributed by atoms with Gasteiger partial charge in [0.25, 0.3) is 0 Å². The zero-order valence-electron chi connectivity index (χ0n) is 13.6. The van der Waals surface area contributed by atoms with Crippen molar-refractivity contribution in [3.05, 3.63) is 0 Å². The fraction of sp³-hybridized carbons (Fsp3) is 0.933. The van der Waals surface area contributed by atoms with Crippen molar-refractivity contribution < 1.29 is 0 Å². The summed E-state index contributed by atoms with van der Waals surface area (Å²) in [6.07, 6.45) is 5.09. The molecule has 1 aliphatic carbocycles. The Balaban J connectivity index is 0.00000220. The number of piperazine rings is 1. The van der Waals surface area contributed by atoms with Crippen LogP contribution in [0.25, 0.3) is 0 Å². The minimum atomic E-state index is 0. The van der Waals surface area contributed by atoms with Gasteiger partial charge in [0.15, 0.2) is 5.96 Å². The Kier molecular flexibility index (Phi) is 9.59. The van der Waals surface area contributed by atoms with Crippen molar-refractivity contribution in [2.24, 2.45) is 4.99 Å². The van der Waals surface area contributed by atoms with Crippen molar-refractivity contribution in [1.29, 1.82) is 0 Å². The molecule has 2 rings (SSSR count). The molecule has 1 saturated carbocycles. The van der Waals surface area contributed by atoms with Gasteiger partial charge in [0.05, 0.1) is 0 Å². The van der Waals surface area contributed by atoms with E-state index in [1.54, 1.807) is 0 Å². The molecule has 0 radical (unpaired) electrons. The Labute approximate surface area is 146 Å². The summed E-state index contributed by atoms with van der Waals surface area (Å²) in [5.41, 5.74) is 0. The van der Waals surface area contributed by atoms with Crippen LogP contribution in [0.2, 0.25) is 0 Å². The number of guanidine groups is 1. The molecule has 0 aromatic heterocycles. The fourth-order valence-electron chi connectivity index (χ4n) is 2.61. The topological polar surface area (TPSA) is 42.9 Å². The van der Waals surface area contributed by atoms with E-state index in [1.807, 2.05) is 7.05 Å². The lowest BCUT2D eigenvalue weighted by Crippen LogP contribution is -2.46. The molecule has 21 heavy (non-hydrogen) atoms. The molecule has 1 saturated heterocycles. The zero-order valence-corrected chi connectivity index (χ0v) is 15.9. The van der Waals surface area contributed by atoms with E-state index in [1.165, 1.54) is 65.0 Å². The van der Waals surface area contributed by atoms with Crippen molar-refractivity contribution in [2.45, 2.75) is 38.6 Å². The first-order chi connectivity index (χ1) is 9.81. The largest absolute Gasteiger partial charge is 0.356 e. The highest BCUT2D eigenvalue weighted by atomic mass is 127. The van der Waals surface area contributed by atoms with Crippen LogP contribution in [0.3, 0.4) is 0 Å². The molecule has 0 atom stereocenters. The van der Waals surface area contributed by atoms with Crippen molar-refractivity contribution in [2.75, 3.05) is 52.9 Å². The molecule has 0 spiro atoms. The first-order valence-electron chi connectivity index (χ1n) is 8.23. The number of hydrogen-bond donors (Lipinski definition) is 2. The second-order valence-electron chi connectivity index (χ2n) is 5.90. The summed E-state index contributed by atoms with van der Waals surface area (Å²) in [4.78, 5) is 9.39. The number of nitrogens with one attached hydrogen (secondary N) is 2. The van der Waals surface area contributed by atoms with Crippen LogP contribution in [-0.4, -0.2) is 74.7 Å². The Morgan fingerprint density at radius 1 is 1.10 bits per heavy atom. The van der Waals surface area contributed by atoms with Crippen LogP contribution in [0.1, 0.15) is 32.6 Å². The highest BCUT2D eigenvalue weighted by molar-refractivity contribution is 14.0. The van der Waals surface area contributed by atoms with Gasteiger partial charge in [-0.1, -0.05) is 6.92 Å². The first kappa shape index (κ1) is 19.0. The molecule has 0 bridgehead atoms. The summed E-state index contributed by atoms with van der Waals surface area (Å²) in [7, 11) is 1.85. The van der Waals surface area contributed by atoms with E-state index in [-0.39, 0.29) is 24.0 Å². The van der Waals surface area contributed by atoms with Crippen molar-refractivity contribution >= 4 is 29.9 Å². The lowest BCUT2D eigenvalue weighted by Gasteiger charge is -2.34.